The van der Waals surface area contributed by atoms with Crippen molar-refractivity contribution in [3.63, 3.8) is 0 Å². The van der Waals surface area contributed by atoms with E-state index >= 15 is 0 Å². The number of benzene rings is 3. The van der Waals surface area contributed by atoms with Crippen LogP contribution in [0.1, 0.15) is 37.5 Å². The van der Waals surface area contributed by atoms with E-state index in [9.17, 15) is 18.0 Å². The summed E-state index contributed by atoms with van der Waals surface area (Å²) in [4.78, 5) is 24.6. The molecular weight excluding hydrogens is 476 g/mol. The molecule has 9 heteroatoms. The molecule has 0 spiro atoms. The van der Waals surface area contributed by atoms with Gasteiger partial charge in [0.25, 0.3) is 10.0 Å². The van der Waals surface area contributed by atoms with E-state index in [1.54, 1.807) is 24.3 Å². The number of nitrogens with one attached hydrogen (secondary N) is 4. The lowest BCUT2D eigenvalue weighted by atomic mass is 9.95. The molecule has 0 aliphatic heterocycles. The topological polar surface area (TPSA) is 116 Å². The van der Waals surface area contributed by atoms with Gasteiger partial charge in [-0.05, 0) is 92.1 Å². The molecule has 0 aliphatic rings. The standard InChI is InChI=1S/C27H32N4O4S/c1-17-15-19(3)24(16-18(17)2)30-26(33)29-21-11-13-23(14-12-21)36(34,35)31-22-9-7-20(8-10-22)28-25(32)27(4,5)6/h7-16,31H,1-6H3,(H,28,32)(H2,29,30,33). The molecule has 3 aromatic rings. The van der Waals surface area contributed by atoms with Crippen LogP contribution in [0, 0.1) is 26.2 Å². The molecule has 0 aliphatic carbocycles. The van der Waals surface area contributed by atoms with Crippen LogP contribution < -0.4 is 20.7 Å². The van der Waals surface area contributed by atoms with Crippen molar-refractivity contribution in [1.29, 1.82) is 0 Å². The summed E-state index contributed by atoms with van der Waals surface area (Å²) in [6, 6.07) is 15.8. The fourth-order valence-electron chi connectivity index (χ4n) is 3.25. The van der Waals surface area contributed by atoms with E-state index in [0.29, 0.717) is 22.7 Å². The van der Waals surface area contributed by atoms with Crippen molar-refractivity contribution in [3.05, 3.63) is 77.4 Å². The van der Waals surface area contributed by atoms with Gasteiger partial charge in [-0.3, -0.25) is 9.52 Å². The summed E-state index contributed by atoms with van der Waals surface area (Å²) in [6.07, 6.45) is 0. The van der Waals surface area contributed by atoms with Gasteiger partial charge in [0.15, 0.2) is 0 Å². The minimum Gasteiger partial charge on any atom is -0.326 e. The number of hydrogen-bond acceptors (Lipinski definition) is 4. The maximum absolute atomic E-state index is 12.8. The van der Waals surface area contributed by atoms with Crippen molar-refractivity contribution in [2.24, 2.45) is 5.41 Å². The highest BCUT2D eigenvalue weighted by molar-refractivity contribution is 7.92. The van der Waals surface area contributed by atoms with Gasteiger partial charge in [0, 0.05) is 28.2 Å². The molecule has 36 heavy (non-hydrogen) atoms. The van der Waals surface area contributed by atoms with Crippen LogP contribution in [-0.2, 0) is 14.8 Å². The molecule has 0 radical (unpaired) electrons. The number of anilines is 4. The number of amides is 3. The second kappa shape index (κ2) is 10.4. The summed E-state index contributed by atoms with van der Waals surface area (Å²) in [6.45, 7) is 11.3. The van der Waals surface area contributed by atoms with Gasteiger partial charge >= 0.3 is 6.03 Å². The van der Waals surface area contributed by atoms with Gasteiger partial charge in [-0.1, -0.05) is 26.8 Å². The number of aryl methyl sites for hydroxylation is 3. The summed E-state index contributed by atoms with van der Waals surface area (Å²) in [5.41, 5.74) is 4.71. The lowest BCUT2D eigenvalue weighted by Gasteiger charge is -2.17. The van der Waals surface area contributed by atoms with Crippen LogP contribution in [0.15, 0.2) is 65.6 Å². The Bertz CT molecular complexity index is 1380. The van der Waals surface area contributed by atoms with Gasteiger partial charge in [0.05, 0.1) is 4.90 Å². The van der Waals surface area contributed by atoms with Crippen molar-refractivity contribution in [2.75, 3.05) is 20.7 Å². The molecule has 0 fully saturated rings. The fraction of sp³-hybridized carbons (Fsp3) is 0.259. The molecule has 0 saturated heterocycles. The molecule has 0 bridgehead atoms. The monoisotopic (exact) mass is 508 g/mol. The van der Waals surface area contributed by atoms with Crippen LogP contribution in [0.3, 0.4) is 0 Å². The molecule has 0 heterocycles. The Balaban J connectivity index is 1.62. The minimum absolute atomic E-state index is 0.0450. The number of hydrogen-bond donors (Lipinski definition) is 4. The average molecular weight is 509 g/mol. The van der Waals surface area contributed by atoms with Crippen molar-refractivity contribution >= 4 is 44.7 Å². The summed E-state index contributed by atoms with van der Waals surface area (Å²) < 4.78 is 28.1. The Morgan fingerprint density at radius 1 is 0.667 bits per heavy atom. The number of urea groups is 1. The van der Waals surface area contributed by atoms with E-state index in [0.717, 1.165) is 16.7 Å². The quantitative estimate of drug-likeness (QED) is 0.325. The van der Waals surface area contributed by atoms with E-state index in [1.165, 1.54) is 24.3 Å². The second-order valence-electron chi connectivity index (χ2n) is 9.74. The van der Waals surface area contributed by atoms with Gasteiger partial charge in [0.1, 0.15) is 0 Å². The first-order valence-electron chi connectivity index (χ1n) is 11.4. The minimum atomic E-state index is -3.85. The Morgan fingerprint density at radius 3 is 1.75 bits per heavy atom. The average Bonchev–Trinajstić information content (AvgIpc) is 2.78. The molecule has 190 valence electrons. The normalized spacial score (nSPS) is 11.5. The van der Waals surface area contributed by atoms with Crippen LogP contribution in [-0.4, -0.2) is 20.4 Å². The van der Waals surface area contributed by atoms with Gasteiger partial charge < -0.3 is 16.0 Å². The summed E-state index contributed by atoms with van der Waals surface area (Å²) in [5, 5.41) is 8.33. The lowest BCUT2D eigenvalue weighted by molar-refractivity contribution is -0.123. The van der Waals surface area contributed by atoms with Gasteiger partial charge in [0.2, 0.25) is 5.91 Å². The van der Waals surface area contributed by atoms with E-state index in [-0.39, 0.29) is 10.8 Å². The molecular formula is C27H32N4O4S. The largest absolute Gasteiger partial charge is 0.326 e. The summed E-state index contributed by atoms with van der Waals surface area (Å²) in [5.74, 6) is -0.137. The molecule has 3 aromatic carbocycles. The number of carbonyl (C=O) groups excluding carboxylic acids is 2. The zero-order chi connectivity index (χ0) is 26.7. The molecule has 0 atom stereocenters. The third kappa shape index (κ3) is 6.85. The molecule has 0 unspecified atom stereocenters. The van der Waals surface area contributed by atoms with Gasteiger partial charge in [-0.2, -0.15) is 0 Å². The van der Waals surface area contributed by atoms with Crippen molar-refractivity contribution in [3.8, 4) is 0 Å². The SMILES string of the molecule is Cc1cc(C)c(NC(=O)Nc2ccc(S(=O)(=O)Nc3ccc(NC(=O)C(C)(C)C)cc3)cc2)cc1C. The Kier molecular flexibility index (Phi) is 7.74. The van der Waals surface area contributed by atoms with Gasteiger partial charge in [-0.25, -0.2) is 13.2 Å². The van der Waals surface area contributed by atoms with Gasteiger partial charge in [-0.15, -0.1) is 0 Å². The predicted molar refractivity (Wildman–Crippen MR) is 145 cm³/mol. The number of sulfonamides is 1. The third-order valence-corrected chi connectivity index (χ3v) is 6.98. The highest BCUT2D eigenvalue weighted by atomic mass is 32.2. The Morgan fingerprint density at radius 2 is 1.17 bits per heavy atom. The predicted octanol–water partition coefficient (Wildman–Crippen LogP) is 6.04. The van der Waals surface area contributed by atoms with E-state index in [4.69, 9.17) is 0 Å². The molecule has 8 nitrogen and oxygen atoms in total. The summed E-state index contributed by atoms with van der Waals surface area (Å²) >= 11 is 0. The van der Waals surface area contributed by atoms with Crippen molar-refractivity contribution in [2.45, 2.75) is 46.4 Å². The molecule has 3 rings (SSSR count). The van der Waals surface area contributed by atoms with Crippen LogP contribution >= 0.6 is 0 Å². The van der Waals surface area contributed by atoms with Crippen molar-refractivity contribution < 1.29 is 18.0 Å². The maximum atomic E-state index is 12.8. The first-order valence-corrected chi connectivity index (χ1v) is 12.9. The zero-order valence-electron chi connectivity index (χ0n) is 21.3. The van der Waals surface area contributed by atoms with Crippen LogP contribution in [0.2, 0.25) is 0 Å². The van der Waals surface area contributed by atoms with E-state index < -0.39 is 21.5 Å². The van der Waals surface area contributed by atoms with Crippen LogP contribution in [0.25, 0.3) is 0 Å². The first kappa shape index (κ1) is 26.7. The molecule has 3 amide bonds. The van der Waals surface area contributed by atoms with E-state index in [1.807, 2.05) is 53.7 Å². The zero-order valence-corrected chi connectivity index (χ0v) is 22.1. The smallest absolute Gasteiger partial charge is 0.323 e. The third-order valence-electron chi connectivity index (χ3n) is 5.59. The van der Waals surface area contributed by atoms with Crippen LogP contribution in [0.5, 0.6) is 0 Å². The highest BCUT2D eigenvalue weighted by Gasteiger charge is 2.21. The Labute approximate surface area is 212 Å². The number of carbonyl (C=O) groups is 2. The fourth-order valence-corrected chi connectivity index (χ4v) is 4.31. The molecule has 4 N–H and O–H groups in total. The summed E-state index contributed by atoms with van der Waals surface area (Å²) in [7, 11) is -3.85. The molecule has 0 saturated carbocycles. The lowest BCUT2D eigenvalue weighted by Crippen LogP contribution is -2.27. The number of rotatable bonds is 6. The highest BCUT2D eigenvalue weighted by Crippen LogP contribution is 2.23. The van der Waals surface area contributed by atoms with Crippen LogP contribution in [0.4, 0.5) is 27.5 Å². The Hall–Kier alpha value is -3.85. The first-order chi connectivity index (χ1) is 16.7. The maximum Gasteiger partial charge on any atom is 0.323 e. The molecule has 0 aromatic heterocycles. The van der Waals surface area contributed by atoms with Crippen molar-refractivity contribution in [1.82, 2.24) is 0 Å². The van der Waals surface area contributed by atoms with E-state index in [2.05, 4.69) is 20.7 Å². The second-order valence-corrected chi connectivity index (χ2v) is 11.4.